The van der Waals surface area contributed by atoms with Gasteiger partial charge in [0.15, 0.2) is 0 Å². The van der Waals surface area contributed by atoms with Crippen LogP contribution in [0.15, 0.2) is 0 Å². The lowest BCUT2D eigenvalue weighted by Crippen LogP contribution is -2.50. The minimum Gasteiger partial charge on any atom is -0.381 e. The van der Waals surface area contributed by atoms with Crippen molar-refractivity contribution in [2.24, 2.45) is 5.92 Å². The normalized spacial score (nSPS) is 30.9. The molecule has 2 saturated heterocycles. The molecule has 0 aromatic heterocycles. The lowest BCUT2D eigenvalue weighted by Gasteiger charge is -2.39. The molecule has 2 aliphatic heterocycles. The van der Waals surface area contributed by atoms with E-state index in [4.69, 9.17) is 4.74 Å². The van der Waals surface area contributed by atoms with Gasteiger partial charge in [-0.25, -0.2) is 0 Å². The number of likely N-dealkylation sites (tertiary alicyclic amines) is 1. The van der Waals surface area contributed by atoms with Crippen molar-refractivity contribution in [3.63, 3.8) is 0 Å². The molecule has 0 aliphatic carbocycles. The molecule has 2 aliphatic rings. The highest BCUT2D eigenvalue weighted by atomic mass is 16.5. The van der Waals surface area contributed by atoms with Crippen LogP contribution in [0.3, 0.4) is 0 Å². The van der Waals surface area contributed by atoms with Crippen molar-refractivity contribution in [1.82, 2.24) is 15.1 Å². The molecule has 2 heterocycles. The van der Waals surface area contributed by atoms with Crippen LogP contribution in [-0.4, -0.2) is 75.4 Å². The highest BCUT2D eigenvalue weighted by Gasteiger charge is 2.29. The molecule has 0 amide bonds. The van der Waals surface area contributed by atoms with Crippen molar-refractivity contribution >= 4 is 0 Å². The summed E-state index contributed by atoms with van der Waals surface area (Å²) in [7, 11) is 4.53. The molecule has 0 saturated carbocycles. The summed E-state index contributed by atoms with van der Waals surface area (Å²) in [4.78, 5) is 5.02. The number of hydrogen-bond acceptors (Lipinski definition) is 4. The van der Waals surface area contributed by atoms with Crippen molar-refractivity contribution in [2.45, 2.75) is 38.3 Å². The second kappa shape index (κ2) is 7.58. The molecule has 1 N–H and O–H groups in total. The first-order chi connectivity index (χ1) is 9.20. The Morgan fingerprint density at radius 2 is 2.00 bits per heavy atom. The van der Waals surface area contributed by atoms with Crippen molar-refractivity contribution < 1.29 is 4.74 Å². The molecule has 0 aromatic rings. The number of rotatable bonds is 5. The third kappa shape index (κ3) is 4.42. The molecule has 2 rings (SSSR count). The van der Waals surface area contributed by atoms with Gasteiger partial charge in [-0.1, -0.05) is 6.92 Å². The van der Waals surface area contributed by atoms with Gasteiger partial charge in [-0.05, 0) is 53.0 Å². The Hall–Kier alpha value is -0.160. The molecule has 2 atom stereocenters. The van der Waals surface area contributed by atoms with E-state index in [-0.39, 0.29) is 0 Å². The first-order valence-corrected chi connectivity index (χ1v) is 7.90. The quantitative estimate of drug-likeness (QED) is 0.807. The molecule has 19 heavy (non-hydrogen) atoms. The molecular weight excluding hydrogens is 238 g/mol. The summed E-state index contributed by atoms with van der Waals surface area (Å²) in [5, 5.41) is 3.63. The van der Waals surface area contributed by atoms with Crippen molar-refractivity contribution in [3.8, 4) is 0 Å². The fourth-order valence-corrected chi connectivity index (χ4v) is 3.46. The Morgan fingerprint density at radius 3 is 2.68 bits per heavy atom. The van der Waals surface area contributed by atoms with E-state index < -0.39 is 0 Å². The minimum absolute atomic E-state index is 0.646. The predicted molar refractivity (Wildman–Crippen MR) is 79.5 cm³/mol. The van der Waals surface area contributed by atoms with Crippen LogP contribution < -0.4 is 5.32 Å². The summed E-state index contributed by atoms with van der Waals surface area (Å²) in [6.45, 7) is 8.78. The number of ether oxygens (including phenoxy) is 1. The van der Waals surface area contributed by atoms with E-state index in [2.05, 4.69) is 36.1 Å². The third-order valence-corrected chi connectivity index (χ3v) is 4.77. The maximum Gasteiger partial charge on any atom is 0.0521 e. The van der Waals surface area contributed by atoms with Crippen molar-refractivity contribution in [1.29, 1.82) is 0 Å². The fraction of sp³-hybridized carbons (Fsp3) is 1.00. The van der Waals surface area contributed by atoms with Gasteiger partial charge in [-0.2, -0.15) is 0 Å². The zero-order valence-corrected chi connectivity index (χ0v) is 12.9. The number of hydrogen-bond donors (Lipinski definition) is 1. The SMILES string of the molecule is CCNC1CCOCC1CN(C)C1CCN(C)CC1. The Morgan fingerprint density at radius 1 is 1.26 bits per heavy atom. The van der Waals surface area contributed by atoms with Gasteiger partial charge in [0.1, 0.15) is 0 Å². The lowest BCUT2D eigenvalue weighted by molar-refractivity contribution is 0.0105. The number of piperidine rings is 1. The molecule has 0 bridgehead atoms. The van der Waals surface area contributed by atoms with E-state index in [0.717, 1.165) is 25.8 Å². The van der Waals surface area contributed by atoms with Gasteiger partial charge in [0.25, 0.3) is 0 Å². The highest BCUT2D eigenvalue weighted by molar-refractivity contribution is 4.84. The smallest absolute Gasteiger partial charge is 0.0521 e. The first-order valence-electron chi connectivity index (χ1n) is 7.90. The summed E-state index contributed by atoms with van der Waals surface area (Å²) in [6, 6.07) is 1.41. The molecule has 112 valence electrons. The minimum atomic E-state index is 0.646. The van der Waals surface area contributed by atoms with Crippen molar-refractivity contribution in [2.75, 3.05) is 53.5 Å². The van der Waals surface area contributed by atoms with Gasteiger partial charge in [0.2, 0.25) is 0 Å². The van der Waals surface area contributed by atoms with Crippen LogP contribution >= 0.6 is 0 Å². The van der Waals surface area contributed by atoms with Gasteiger partial charge in [0, 0.05) is 31.2 Å². The highest BCUT2D eigenvalue weighted by Crippen LogP contribution is 2.20. The Labute approximate surface area is 118 Å². The van der Waals surface area contributed by atoms with Gasteiger partial charge in [0.05, 0.1) is 6.61 Å². The zero-order chi connectivity index (χ0) is 13.7. The third-order valence-electron chi connectivity index (χ3n) is 4.77. The molecule has 2 unspecified atom stereocenters. The maximum atomic E-state index is 5.69. The van der Waals surface area contributed by atoms with Crippen LogP contribution in [0.5, 0.6) is 0 Å². The summed E-state index contributed by atoms with van der Waals surface area (Å²) >= 11 is 0. The topological polar surface area (TPSA) is 27.7 Å². The van der Waals surface area contributed by atoms with E-state index in [1.807, 2.05) is 0 Å². The molecule has 4 heteroatoms. The Balaban J connectivity index is 1.80. The van der Waals surface area contributed by atoms with E-state index in [1.54, 1.807) is 0 Å². The summed E-state index contributed by atoms with van der Waals surface area (Å²) < 4.78 is 5.69. The van der Waals surface area contributed by atoms with Crippen LogP contribution in [0, 0.1) is 5.92 Å². The maximum absolute atomic E-state index is 5.69. The largest absolute Gasteiger partial charge is 0.381 e. The summed E-state index contributed by atoms with van der Waals surface area (Å²) in [6.07, 6.45) is 3.79. The molecule has 4 nitrogen and oxygen atoms in total. The molecule has 0 aromatic carbocycles. The van der Waals surface area contributed by atoms with Crippen LogP contribution in [0.25, 0.3) is 0 Å². The van der Waals surface area contributed by atoms with Crippen molar-refractivity contribution in [3.05, 3.63) is 0 Å². The van der Waals surface area contributed by atoms with E-state index in [0.29, 0.717) is 12.0 Å². The monoisotopic (exact) mass is 269 g/mol. The van der Waals surface area contributed by atoms with E-state index in [1.165, 1.54) is 38.9 Å². The van der Waals surface area contributed by atoms with Crippen LogP contribution in [0.2, 0.25) is 0 Å². The van der Waals surface area contributed by atoms with Gasteiger partial charge in [-0.15, -0.1) is 0 Å². The van der Waals surface area contributed by atoms with E-state index >= 15 is 0 Å². The van der Waals surface area contributed by atoms with Crippen LogP contribution in [0.4, 0.5) is 0 Å². The van der Waals surface area contributed by atoms with Crippen LogP contribution in [-0.2, 0) is 4.74 Å². The standard InChI is InChI=1S/C15H31N3O/c1-4-16-15-7-10-19-12-13(15)11-18(3)14-5-8-17(2)9-6-14/h13-16H,4-12H2,1-3H3. The zero-order valence-electron chi connectivity index (χ0n) is 12.9. The number of nitrogens with zero attached hydrogens (tertiary/aromatic N) is 2. The second-order valence-corrected chi connectivity index (χ2v) is 6.26. The Bertz CT molecular complexity index is 252. The first kappa shape index (κ1) is 15.2. The van der Waals surface area contributed by atoms with Crippen LogP contribution in [0.1, 0.15) is 26.2 Å². The fourth-order valence-electron chi connectivity index (χ4n) is 3.46. The summed E-state index contributed by atoms with van der Waals surface area (Å²) in [5.41, 5.74) is 0. The molecule has 2 fully saturated rings. The predicted octanol–water partition coefficient (Wildman–Crippen LogP) is 1.03. The van der Waals surface area contributed by atoms with Gasteiger partial charge in [-0.3, -0.25) is 0 Å². The van der Waals surface area contributed by atoms with Gasteiger partial charge < -0.3 is 19.9 Å². The molecule has 0 radical (unpaired) electrons. The average Bonchev–Trinajstić information content (AvgIpc) is 2.42. The van der Waals surface area contributed by atoms with E-state index in [9.17, 15) is 0 Å². The number of nitrogens with one attached hydrogen (secondary N) is 1. The second-order valence-electron chi connectivity index (χ2n) is 6.26. The molecule has 0 spiro atoms. The summed E-state index contributed by atoms with van der Waals surface area (Å²) in [5.74, 6) is 0.651. The lowest BCUT2D eigenvalue weighted by atomic mass is 9.93. The average molecular weight is 269 g/mol. The Kier molecular flexibility index (Phi) is 6.07. The van der Waals surface area contributed by atoms with Gasteiger partial charge >= 0.3 is 0 Å². The molecular formula is C15H31N3O.